The van der Waals surface area contributed by atoms with Crippen molar-refractivity contribution in [3.05, 3.63) is 141 Å². The molecule has 7 aromatic rings. The summed E-state index contributed by atoms with van der Waals surface area (Å²) in [5.74, 6) is -1.31. The Kier molecular flexibility index (Phi) is 4.93. The van der Waals surface area contributed by atoms with Crippen molar-refractivity contribution in [2.75, 3.05) is 9.80 Å². The minimum absolute atomic E-state index is 0.0137. The van der Waals surface area contributed by atoms with Gasteiger partial charge in [0.1, 0.15) is 11.3 Å². The predicted octanol–water partition coefficient (Wildman–Crippen LogP) is 15.9. The Labute approximate surface area is 360 Å². The topological polar surface area (TPSA) is 19.6 Å². The predicted molar refractivity (Wildman–Crippen MR) is 241 cm³/mol. The van der Waals surface area contributed by atoms with Crippen molar-refractivity contribution in [1.82, 2.24) is 0 Å². The molecule has 0 bridgehead atoms. The number of benzene rings is 5. The van der Waals surface area contributed by atoms with Crippen LogP contribution in [0.2, 0.25) is 0 Å². The standard InChI is InChI=1S/C52H56N2OS/c1-30-26-39-43-40(27-30)54(36-22-16-32(17-23-36)50(5,6)7)46-38-29-34(52(11,12)13)19-25-42(38)56-48(46)44(43)47-45(37-28-33(51(8,9)10)18-24-41(37)55-47)53(39)35-20-14-31(15-21-35)49(2,3)4/h14-29,44H,1-13H3/i14D,15D,16D,17D,18D,19D,20D,21D,22D,23D,24D,25D,26D,27D,28D,29D. The highest BCUT2D eigenvalue weighted by molar-refractivity contribution is 7.20. The molecule has 1 atom stereocenters. The molecule has 0 amide bonds. The van der Waals surface area contributed by atoms with Gasteiger partial charge in [-0.1, -0.05) is 119 Å². The van der Waals surface area contributed by atoms with Gasteiger partial charge in [-0.3, -0.25) is 0 Å². The lowest BCUT2D eigenvalue weighted by Crippen LogP contribution is -2.28. The van der Waals surface area contributed by atoms with Crippen LogP contribution in [0.15, 0.2) is 101 Å². The normalized spacial score (nSPS) is 19.7. The number of furan rings is 1. The SMILES string of the molecule is [2H]c1c([2H])c(C(C)(C)C)c([2H])c([2H])c1N1c2c([2H])c(C)c([2H])c3c2C(c2oc4c([2H])c([2H])c(C(C)(C)C)c([2H])c4c21)c1sc2c([2H])c([2H])c(C(C)(C)C)c([2H])c2c1N3c1c([2H])c([2H])c(C(C)(C)C)c([2H])c1[2H]. The first-order chi connectivity index (χ1) is 32.9. The Bertz CT molecular complexity index is 3330. The van der Waals surface area contributed by atoms with Gasteiger partial charge in [-0.25, -0.2) is 0 Å². The average Bonchev–Trinajstić information content (AvgIpc) is 3.84. The molecular weight excluding hydrogens is 701 g/mol. The molecule has 1 unspecified atom stereocenters. The van der Waals surface area contributed by atoms with Crippen molar-refractivity contribution in [2.45, 2.75) is 118 Å². The zero-order valence-corrected chi connectivity index (χ0v) is 35.1. The minimum atomic E-state index is -1.27. The molecule has 2 aromatic heterocycles. The van der Waals surface area contributed by atoms with Gasteiger partial charge in [0, 0.05) is 37.3 Å². The third kappa shape index (κ3) is 5.73. The summed E-state index contributed by atoms with van der Waals surface area (Å²) in [4.78, 5) is 3.01. The fourth-order valence-corrected chi connectivity index (χ4v) is 8.53. The van der Waals surface area contributed by atoms with Crippen LogP contribution in [0.3, 0.4) is 0 Å². The highest BCUT2D eigenvalue weighted by Gasteiger charge is 2.46. The maximum absolute atomic E-state index is 10.1. The van der Waals surface area contributed by atoms with Crippen LogP contribution in [0.25, 0.3) is 21.1 Å². The molecule has 0 spiro atoms. The summed E-state index contributed by atoms with van der Waals surface area (Å²) in [5.41, 5.74) is -3.70. The van der Waals surface area contributed by atoms with Gasteiger partial charge in [0.15, 0.2) is 0 Å². The second-order valence-corrected chi connectivity index (χ2v) is 20.1. The van der Waals surface area contributed by atoms with Crippen LogP contribution in [0.1, 0.15) is 155 Å². The number of hydrogen-bond acceptors (Lipinski definition) is 4. The molecule has 0 fully saturated rings. The molecule has 0 radical (unpaired) electrons. The van der Waals surface area contributed by atoms with Gasteiger partial charge < -0.3 is 14.2 Å². The fourth-order valence-electron chi connectivity index (χ4n) is 7.32. The third-order valence-corrected chi connectivity index (χ3v) is 11.6. The number of anilines is 6. The second-order valence-electron chi connectivity index (χ2n) is 19.1. The summed E-state index contributed by atoms with van der Waals surface area (Å²) in [5, 5.41) is 0.111. The number of nitrogens with zero attached hydrogens (tertiary/aromatic N) is 2. The van der Waals surface area contributed by atoms with Crippen LogP contribution in [0.4, 0.5) is 34.1 Å². The van der Waals surface area contributed by atoms with E-state index in [4.69, 9.17) is 4.42 Å². The first kappa shape index (κ1) is 22.8. The first-order valence-corrected chi connectivity index (χ1v) is 19.8. The van der Waals surface area contributed by atoms with Gasteiger partial charge in [0.05, 0.1) is 50.6 Å². The summed E-state index contributed by atoms with van der Waals surface area (Å²) >= 11 is 1.01. The van der Waals surface area contributed by atoms with Crippen molar-refractivity contribution >= 4 is 66.5 Å². The monoisotopic (exact) mass is 773 g/mol. The van der Waals surface area contributed by atoms with Crippen LogP contribution in [-0.2, 0) is 21.7 Å². The Morgan fingerprint density at radius 1 is 0.536 bits per heavy atom. The van der Waals surface area contributed by atoms with Crippen LogP contribution in [0.5, 0.6) is 0 Å². The molecular formula is C52H56N2OS. The highest BCUT2D eigenvalue weighted by atomic mass is 32.1. The van der Waals surface area contributed by atoms with Crippen molar-refractivity contribution in [1.29, 1.82) is 0 Å². The quantitative estimate of drug-likeness (QED) is 0.174. The summed E-state index contributed by atoms with van der Waals surface area (Å²) in [6.45, 7) is 23.0. The molecule has 4 heterocycles. The lowest BCUT2D eigenvalue weighted by atomic mass is 9.80. The molecule has 3 nitrogen and oxygen atoms in total. The Hall–Kier alpha value is -4.80. The van der Waals surface area contributed by atoms with E-state index in [-0.39, 0.29) is 172 Å². The smallest absolute Gasteiger partial charge is 0.142 e. The van der Waals surface area contributed by atoms with Crippen LogP contribution < -0.4 is 9.80 Å². The van der Waals surface area contributed by atoms with Gasteiger partial charge in [-0.05, 0) is 117 Å². The van der Waals surface area contributed by atoms with E-state index in [2.05, 4.69) is 0 Å². The molecule has 0 aliphatic carbocycles. The van der Waals surface area contributed by atoms with Crippen molar-refractivity contribution in [3.8, 4) is 0 Å². The number of thiophene rings is 1. The van der Waals surface area contributed by atoms with E-state index < -0.39 is 51.7 Å². The molecule has 0 saturated carbocycles. The Morgan fingerprint density at radius 2 is 0.982 bits per heavy atom. The fraction of sp³-hybridized carbons (Fsp3) is 0.346. The van der Waals surface area contributed by atoms with Crippen LogP contribution >= 0.6 is 11.3 Å². The maximum Gasteiger partial charge on any atom is 0.142 e. The Balaban J connectivity index is 1.62. The van der Waals surface area contributed by atoms with E-state index in [1.807, 2.05) is 20.8 Å². The zero-order valence-electron chi connectivity index (χ0n) is 50.3. The first-order valence-electron chi connectivity index (χ1n) is 27.0. The van der Waals surface area contributed by atoms with Crippen molar-refractivity contribution in [2.24, 2.45) is 0 Å². The lowest BCUT2D eigenvalue weighted by Gasteiger charge is -2.42. The van der Waals surface area contributed by atoms with E-state index in [1.165, 1.54) is 16.7 Å². The summed E-state index contributed by atoms with van der Waals surface area (Å²) < 4.78 is 162. The van der Waals surface area contributed by atoms with Crippen molar-refractivity contribution in [3.63, 3.8) is 0 Å². The van der Waals surface area contributed by atoms with Gasteiger partial charge >= 0.3 is 0 Å². The molecule has 2 aliphatic rings. The van der Waals surface area contributed by atoms with E-state index in [1.54, 1.807) is 62.3 Å². The molecule has 56 heavy (non-hydrogen) atoms. The van der Waals surface area contributed by atoms with E-state index in [0.29, 0.717) is 0 Å². The molecule has 9 rings (SSSR count). The summed E-state index contributed by atoms with van der Waals surface area (Å²) in [6, 6.07) is -5.52. The van der Waals surface area contributed by atoms with Crippen LogP contribution in [-0.4, -0.2) is 0 Å². The zero-order chi connectivity index (χ0) is 53.8. The minimum Gasteiger partial charge on any atom is -0.458 e. The molecule has 0 N–H and O–H groups in total. The third-order valence-electron chi connectivity index (χ3n) is 10.4. The van der Waals surface area contributed by atoms with E-state index >= 15 is 0 Å². The van der Waals surface area contributed by atoms with Gasteiger partial charge in [0.2, 0.25) is 0 Å². The van der Waals surface area contributed by atoms with Crippen LogP contribution in [0, 0.1) is 6.92 Å². The Morgan fingerprint density at radius 3 is 1.48 bits per heavy atom. The van der Waals surface area contributed by atoms with Crippen molar-refractivity contribution < 1.29 is 26.3 Å². The lowest BCUT2D eigenvalue weighted by molar-refractivity contribution is 0.540. The van der Waals surface area contributed by atoms with Gasteiger partial charge in [-0.15, -0.1) is 11.3 Å². The van der Waals surface area contributed by atoms with E-state index in [9.17, 15) is 21.9 Å². The largest absolute Gasteiger partial charge is 0.458 e. The number of fused-ring (bicyclic) bond motifs is 8. The molecule has 0 saturated heterocycles. The second kappa shape index (κ2) is 12.1. The number of rotatable bonds is 2. The molecule has 5 aromatic carbocycles. The van der Waals surface area contributed by atoms with Gasteiger partial charge in [-0.2, -0.15) is 0 Å². The summed E-state index contributed by atoms with van der Waals surface area (Å²) in [7, 11) is 0. The summed E-state index contributed by atoms with van der Waals surface area (Å²) in [6.07, 6.45) is 0. The molecule has 286 valence electrons. The molecule has 4 heteroatoms. The number of hydrogen-bond donors (Lipinski definition) is 0. The molecule has 2 aliphatic heterocycles. The maximum atomic E-state index is 10.1. The van der Waals surface area contributed by atoms with Gasteiger partial charge in [0.25, 0.3) is 0 Å². The van der Waals surface area contributed by atoms with E-state index in [0.717, 1.165) is 11.3 Å². The average molecular weight is 773 g/mol. The highest BCUT2D eigenvalue weighted by Crippen LogP contribution is 2.65.